The molecule has 1 heterocycles. The van der Waals surface area contributed by atoms with E-state index in [0.29, 0.717) is 19.0 Å². The minimum atomic E-state index is -0.208. The Bertz CT molecular complexity index is 467. The number of rotatable bonds is 6. The van der Waals surface area contributed by atoms with Crippen molar-refractivity contribution in [3.05, 3.63) is 35.9 Å². The summed E-state index contributed by atoms with van der Waals surface area (Å²) in [5.74, 6) is 0.379. The predicted octanol–water partition coefficient (Wildman–Crippen LogP) is 1.53. The zero-order valence-corrected chi connectivity index (χ0v) is 16.1. The third-order valence-corrected chi connectivity index (χ3v) is 4.29. The van der Waals surface area contributed by atoms with E-state index in [4.69, 9.17) is 5.73 Å². The molecule has 0 bridgehead atoms. The minimum Gasteiger partial charge on any atom is -0.354 e. The van der Waals surface area contributed by atoms with E-state index in [-0.39, 0.29) is 36.8 Å². The van der Waals surface area contributed by atoms with Crippen LogP contribution >= 0.6 is 24.8 Å². The number of carbonyl (C=O) groups is 1. The molecule has 0 radical (unpaired) electrons. The van der Waals surface area contributed by atoms with Crippen LogP contribution in [-0.4, -0.2) is 62.0 Å². The van der Waals surface area contributed by atoms with Crippen LogP contribution in [0.3, 0.4) is 0 Å². The van der Waals surface area contributed by atoms with Crippen molar-refractivity contribution in [3.63, 3.8) is 0 Å². The second-order valence-corrected chi connectivity index (χ2v) is 6.24. The Morgan fingerprint density at radius 3 is 2.29 bits per heavy atom. The topological polar surface area (TPSA) is 61.6 Å². The summed E-state index contributed by atoms with van der Waals surface area (Å²) in [5.41, 5.74) is 6.70. The maximum absolute atomic E-state index is 12.7. The highest BCUT2D eigenvalue weighted by Gasteiger charge is 2.29. The van der Waals surface area contributed by atoms with Crippen molar-refractivity contribution >= 4 is 30.7 Å². The Balaban J connectivity index is 0.00000264. The lowest BCUT2D eigenvalue weighted by Gasteiger charge is -2.37. The lowest BCUT2D eigenvalue weighted by molar-refractivity contribution is -0.127. The lowest BCUT2D eigenvalue weighted by Crippen LogP contribution is -2.50. The van der Waals surface area contributed by atoms with Gasteiger partial charge in [0.2, 0.25) is 5.91 Å². The Morgan fingerprint density at radius 1 is 1.17 bits per heavy atom. The summed E-state index contributed by atoms with van der Waals surface area (Å²) < 4.78 is 0. The average molecular weight is 377 g/mol. The summed E-state index contributed by atoms with van der Waals surface area (Å²) in [6, 6.07) is 9.84. The second-order valence-electron chi connectivity index (χ2n) is 6.24. The van der Waals surface area contributed by atoms with Crippen LogP contribution in [0.15, 0.2) is 30.3 Å². The molecule has 1 aliphatic heterocycles. The van der Waals surface area contributed by atoms with Gasteiger partial charge in [0.15, 0.2) is 0 Å². The van der Waals surface area contributed by atoms with Gasteiger partial charge in [-0.3, -0.25) is 9.69 Å². The van der Waals surface area contributed by atoms with Gasteiger partial charge in [-0.1, -0.05) is 37.3 Å². The summed E-state index contributed by atoms with van der Waals surface area (Å²) in [4.78, 5) is 17.3. The van der Waals surface area contributed by atoms with E-state index in [0.717, 1.165) is 31.7 Å². The van der Waals surface area contributed by atoms with Gasteiger partial charge in [-0.15, -0.1) is 24.8 Å². The number of likely N-dealkylation sites (N-methyl/N-ethyl adjacent to an activating group) is 1. The minimum absolute atomic E-state index is 0. The normalized spacial score (nSPS) is 18.0. The molecule has 7 heteroatoms. The van der Waals surface area contributed by atoms with Crippen molar-refractivity contribution in [2.75, 3.05) is 46.3 Å². The fourth-order valence-corrected chi connectivity index (χ4v) is 2.70. The summed E-state index contributed by atoms with van der Waals surface area (Å²) in [7, 11) is 2.12. The van der Waals surface area contributed by atoms with Crippen LogP contribution < -0.4 is 11.1 Å². The predicted molar refractivity (Wildman–Crippen MR) is 104 cm³/mol. The van der Waals surface area contributed by atoms with Crippen molar-refractivity contribution < 1.29 is 4.79 Å². The van der Waals surface area contributed by atoms with Crippen molar-refractivity contribution in [3.8, 4) is 0 Å². The van der Waals surface area contributed by atoms with E-state index in [2.05, 4.69) is 22.2 Å². The highest BCUT2D eigenvalue weighted by Crippen LogP contribution is 2.22. The zero-order chi connectivity index (χ0) is 15.9. The molecule has 1 aromatic rings. The van der Waals surface area contributed by atoms with Gasteiger partial charge in [-0.2, -0.15) is 0 Å². The fourth-order valence-electron chi connectivity index (χ4n) is 2.70. The van der Waals surface area contributed by atoms with E-state index in [1.54, 1.807) is 0 Å². The smallest absolute Gasteiger partial charge is 0.241 e. The molecule has 0 aliphatic carbocycles. The molecule has 1 aliphatic rings. The first-order valence-electron chi connectivity index (χ1n) is 8.07. The standard InChI is InChI=1S/C17H28N4O.2ClH/c1-14(12-18)13-19-17(22)16(15-6-4-3-5-7-15)21-10-8-20(2)9-11-21;;/h3-7,14,16H,8-13,18H2,1-2H3,(H,19,22);2*1H. The molecule has 0 aromatic heterocycles. The molecule has 0 saturated carbocycles. The van der Waals surface area contributed by atoms with Gasteiger partial charge in [0.25, 0.3) is 0 Å². The first-order chi connectivity index (χ1) is 10.6. The van der Waals surface area contributed by atoms with Crippen LogP contribution in [0.5, 0.6) is 0 Å². The molecule has 2 rings (SSSR count). The van der Waals surface area contributed by atoms with Gasteiger partial charge in [-0.25, -0.2) is 0 Å². The van der Waals surface area contributed by atoms with Crippen molar-refractivity contribution in [2.45, 2.75) is 13.0 Å². The summed E-state index contributed by atoms with van der Waals surface area (Å²) >= 11 is 0. The van der Waals surface area contributed by atoms with Crippen LogP contribution in [0, 0.1) is 5.92 Å². The average Bonchev–Trinajstić information content (AvgIpc) is 2.55. The van der Waals surface area contributed by atoms with Gasteiger partial charge in [0.05, 0.1) is 0 Å². The van der Waals surface area contributed by atoms with E-state index in [1.807, 2.05) is 37.3 Å². The highest BCUT2D eigenvalue weighted by molar-refractivity contribution is 5.85. The first kappa shape index (κ1) is 23.1. The molecule has 24 heavy (non-hydrogen) atoms. The molecule has 2 unspecified atom stereocenters. The Morgan fingerprint density at radius 2 is 1.75 bits per heavy atom. The number of benzene rings is 1. The van der Waals surface area contributed by atoms with Gasteiger partial charge in [0.1, 0.15) is 6.04 Å². The third kappa shape index (κ3) is 6.57. The van der Waals surface area contributed by atoms with Crippen molar-refractivity contribution in [2.24, 2.45) is 11.7 Å². The molecule has 2 atom stereocenters. The summed E-state index contributed by atoms with van der Waals surface area (Å²) in [6.07, 6.45) is 0. The van der Waals surface area contributed by atoms with E-state index < -0.39 is 0 Å². The molecule has 0 spiro atoms. The van der Waals surface area contributed by atoms with Crippen LogP contribution in [0.25, 0.3) is 0 Å². The monoisotopic (exact) mass is 376 g/mol. The zero-order valence-electron chi connectivity index (χ0n) is 14.5. The van der Waals surface area contributed by atoms with Gasteiger partial charge < -0.3 is 16.0 Å². The maximum atomic E-state index is 12.7. The Hall–Kier alpha value is -0.850. The highest BCUT2D eigenvalue weighted by atomic mass is 35.5. The molecule has 5 nitrogen and oxygen atoms in total. The summed E-state index contributed by atoms with van der Waals surface area (Å²) in [6.45, 7) is 7.09. The molecular formula is C17H30Cl2N4O. The number of hydrogen-bond donors (Lipinski definition) is 2. The van der Waals surface area contributed by atoms with Crippen LogP contribution in [-0.2, 0) is 4.79 Å². The molecular weight excluding hydrogens is 347 g/mol. The number of piperazine rings is 1. The van der Waals surface area contributed by atoms with E-state index in [9.17, 15) is 4.79 Å². The number of carbonyl (C=O) groups excluding carboxylic acids is 1. The first-order valence-corrected chi connectivity index (χ1v) is 8.07. The van der Waals surface area contributed by atoms with Gasteiger partial charge in [-0.05, 0) is 25.1 Å². The molecule has 1 saturated heterocycles. The molecule has 138 valence electrons. The quantitative estimate of drug-likeness (QED) is 0.790. The van der Waals surface area contributed by atoms with E-state index >= 15 is 0 Å². The SMILES string of the molecule is CC(CN)CNC(=O)C(c1ccccc1)N1CCN(C)CC1.Cl.Cl. The molecule has 1 amide bonds. The molecule has 1 fully saturated rings. The lowest BCUT2D eigenvalue weighted by atomic mass is 10.0. The number of halogens is 2. The number of nitrogens with two attached hydrogens (primary N) is 1. The van der Waals surface area contributed by atoms with Gasteiger partial charge >= 0.3 is 0 Å². The van der Waals surface area contributed by atoms with Gasteiger partial charge in [0, 0.05) is 32.7 Å². The van der Waals surface area contributed by atoms with Crippen molar-refractivity contribution in [1.29, 1.82) is 0 Å². The number of nitrogens with one attached hydrogen (secondary N) is 1. The number of hydrogen-bond acceptors (Lipinski definition) is 4. The van der Waals surface area contributed by atoms with Crippen LogP contribution in [0.1, 0.15) is 18.5 Å². The largest absolute Gasteiger partial charge is 0.354 e. The van der Waals surface area contributed by atoms with Crippen molar-refractivity contribution in [1.82, 2.24) is 15.1 Å². The summed E-state index contributed by atoms with van der Waals surface area (Å²) in [5, 5.41) is 3.07. The van der Waals surface area contributed by atoms with Crippen LogP contribution in [0.2, 0.25) is 0 Å². The third-order valence-electron chi connectivity index (χ3n) is 4.29. The molecule has 1 aromatic carbocycles. The Kier molecular flexibility index (Phi) is 11.2. The molecule has 3 N–H and O–H groups in total. The number of amides is 1. The second kappa shape index (κ2) is 11.7. The number of nitrogens with zero attached hydrogens (tertiary/aromatic N) is 2. The van der Waals surface area contributed by atoms with E-state index in [1.165, 1.54) is 0 Å². The maximum Gasteiger partial charge on any atom is 0.241 e. The Labute approximate surface area is 157 Å². The van der Waals surface area contributed by atoms with Crippen LogP contribution in [0.4, 0.5) is 0 Å². The fraction of sp³-hybridized carbons (Fsp3) is 0.588.